The standard InChI is InChI=1S/C6H14N2/c1-5-2-3-8-4-6(5)7/h5-6,8H,2-4,7H2,1H3/t5-,6?/m0/s1. The highest BCUT2D eigenvalue weighted by Crippen LogP contribution is 2.07. The minimum Gasteiger partial charge on any atom is -0.326 e. The van der Waals surface area contributed by atoms with Crippen molar-refractivity contribution >= 4 is 0 Å². The third-order valence-electron chi connectivity index (χ3n) is 1.89. The van der Waals surface area contributed by atoms with Crippen LogP contribution >= 0.6 is 0 Å². The van der Waals surface area contributed by atoms with Gasteiger partial charge in [0.1, 0.15) is 0 Å². The maximum absolute atomic E-state index is 5.72. The van der Waals surface area contributed by atoms with Gasteiger partial charge < -0.3 is 11.1 Å². The third kappa shape index (κ3) is 1.20. The molecule has 1 aliphatic rings. The van der Waals surface area contributed by atoms with Gasteiger partial charge in [0.25, 0.3) is 0 Å². The fourth-order valence-corrected chi connectivity index (χ4v) is 1.01. The highest BCUT2D eigenvalue weighted by atomic mass is 14.9. The number of piperidine rings is 1. The molecule has 1 heterocycles. The molecule has 2 atom stereocenters. The predicted molar refractivity (Wildman–Crippen MR) is 34.6 cm³/mol. The smallest absolute Gasteiger partial charge is 0.0191 e. The second-order valence-electron chi connectivity index (χ2n) is 2.63. The molecule has 0 aliphatic carbocycles. The number of rotatable bonds is 0. The SMILES string of the molecule is C[C@H]1CCNCC1N. The average molecular weight is 114 g/mol. The zero-order valence-electron chi connectivity index (χ0n) is 5.35. The fraction of sp³-hybridized carbons (Fsp3) is 1.00. The molecule has 1 unspecified atom stereocenters. The van der Waals surface area contributed by atoms with Crippen LogP contribution in [0.2, 0.25) is 0 Å². The highest BCUT2D eigenvalue weighted by molar-refractivity contribution is 4.76. The van der Waals surface area contributed by atoms with E-state index >= 15 is 0 Å². The van der Waals surface area contributed by atoms with Crippen molar-refractivity contribution in [2.75, 3.05) is 13.1 Å². The predicted octanol–water partition coefficient (Wildman–Crippen LogP) is -0.0569. The molecule has 1 aliphatic heterocycles. The van der Waals surface area contributed by atoms with E-state index in [-0.39, 0.29) is 0 Å². The summed E-state index contributed by atoms with van der Waals surface area (Å²) in [6, 6.07) is 0.392. The lowest BCUT2D eigenvalue weighted by molar-refractivity contribution is 0.348. The number of hydrogen-bond donors (Lipinski definition) is 2. The van der Waals surface area contributed by atoms with Gasteiger partial charge >= 0.3 is 0 Å². The first-order valence-electron chi connectivity index (χ1n) is 3.27. The Morgan fingerprint density at radius 3 is 2.75 bits per heavy atom. The molecular formula is C6H14N2. The van der Waals surface area contributed by atoms with Crippen molar-refractivity contribution in [3.05, 3.63) is 0 Å². The number of nitrogens with one attached hydrogen (secondary N) is 1. The van der Waals surface area contributed by atoms with Gasteiger partial charge in [0.2, 0.25) is 0 Å². The van der Waals surface area contributed by atoms with Gasteiger partial charge in [0.05, 0.1) is 0 Å². The molecular weight excluding hydrogens is 100 g/mol. The largest absolute Gasteiger partial charge is 0.326 e. The van der Waals surface area contributed by atoms with Crippen LogP contribution in [0.5, 0.6) is 0 Å². The van der Waals surface area contributed by atoms with Gasteiger partial charge in [-0.1, -0.05) is 6.92 Å². The molecule has 2 nitrogen and oxygen atoms in total. The van der Waals surface area contributed by atoms with E-state index in [4.69, 9.17) is 5.73 Å². The van der Waals surface area contributed by atoms with Gasteiger partial charge in [-0.2, -0.15) is 0 Å². The summed E-state index contributed by atoms with van der Waals surface area (Å²) in [6.07, 6.45) is 1.24. The van der Waals surface area contributed by atoms with Crippen LogP contribution in [0.3, 0.4) is 0 Å². The lowest BCUT2D eigenvalue weighted by Gasteiger charge is -2.25. The molecule has 0 aromatic rings. The molecule has 1 saturated heterocycles. The van der Waals surface area contributed by atoms with Gasteiger partial charge in [-0.05, 0) is 18.9 Å². The molecule has 0 aromatic heterocycles. The monoisotopic (exact) mass is 114 g/mol. The quantitative estimate of drug-likeness (QED) is 0.463. The topological polar surface area (TPSA) is 38.0 Å². The maximum Gasteiger partial charge on any atom is 0.0191 e. The summed E-state index contributed by atoms with van der Waals surface area (Å²) >= 11 is 0. The Labute approximate surface area is 50.4 Å². The van der Waals surface area contributed by atoms with Crippen LogP contribution in [-0.4, -0.2) is 19.1 Å². The average Bonchev–Trinajstić information content (AvgIpc) is 1.77. The third-order valence-corrected chi connectivity index (χ3v) is 1.89. The zero-order valence-corrected chi connectivity index (χ0v) is 5.35. The zero-order chi connectivity index (χ0) is 5.98. The lowest BCUT2D eigenvalue weighted by atomic mass is 9.96. The van der Waals surface area contributed by atoms with Crippen molar-refractivity contribution < 1.29 is 0 Å². The molecule has 0 saturated carbocycles. The minimum absolute atomic E-state index is 0.392. The second-order valence-corrected chi connectivity index (χ2v) is 2.63. The van der Waals surface area contributed by atoms with Gasteiger partial charge in [-0.15, -0.1) is 0 Å². The van der Waals surface area contributed by atoms with Crippen molar-refractivity contribution in [3.63, 3.8) is 0 Å². The highest BCUT2D eigenvalue weighted by Gasteiger charge is 2.15. The first kappa shape index (κ1) is 6.05. The van der Waals surface area contributed by atoms with Crippen LogP contribution in [0.25, 0.3) is 0 Å². The van der Waals surface area contributed by atoms with E-state index in [0.29, 0.717) is 6.04 Å². The summed E-state index contributed by atoms with van der Waals surface area (Å²) in [7, 11) is 0. The van der Waals surface area contributed by atoms with Crippen molar-refractivity contribution in [2.45, 2.75) is 19.4 Å². The lowest BCUT2D eigenvalue weighted by Crippen LogP contribution is -2.44. The van der Waals surface area contributed by atoms with Crippen molar-refractivity contribution in [3.8, 4) is 0 Å². The van der Waals surface area contributed by atoms with Gasteiger partial charge in [0.15, 0.2) is 0 Å². The van der Waals surface area contributed by atoms with E-state index in [2.05, 4.69) is 12.2 Å². The molecule has 8 heavy (non-hydrogen) atoms. The Morgan fingerprint density at radius 1 is 1.62 bits per heavy atom. The fourth-order valence-electron chi connectivity index (χ4n) is 1.01. The van der Waals surface area contributed by atoms with Crippen LogP contribution in [0.15, 0.2) is 0 Å². The van der Waals surface area contributed by atoms with Crippen molar-refractivity contribution in [1.82, 2.24) is 5.32 Å². The number of nitrogens with two attached hydrogens (primary N) is 1. The van der Waals surface area contributed by atoms with E-state index < -0.39 is 0 Å². The van der Waals surface area contributed by atoms with E-state index in [1.54, 1.807) is 0 Å². The summed E-state index contributed by atoms with van der Waals surface area (Å²) in [5.74, 6) is 0.719. The summed E-state index contributed by atoms with van der Waals surface area (Å²) in [6.45, 7) is 4.36. The molecule has 0 spiro atoms. The van der Waals surface area contributed by atoms with E-state index in [1.807, 2.05) is 0 Å². The molecule has 0 aromatic carbocycles. The Hall–Kier alpha value is -0.0800. The van der Waals surface area contributed by atoms with Crippen LogP contribution in [0, 0.1) is 5.92 Å². The van der Waals surface area contributed by atoms with Crippen molar-refractivity contribution in [1.29, 1.82) is 0 Å². The Morgan fingerprint density at radius 2 is 2.38 bits per heavy atom. The van der Waals surface area contributed by atoms with Gasteiger partial charge in [-0.25, -0.2) is 0 Å². The van der Waals surface area contributed by atoms with Gasteiger partial charge in [0, 0.05) is 12.6 Å². The first-order chi connectivity index (χ1) is 3.80. The molecule has 0 amide bonds. The van der Waals surface area contributed by atoms with E-state index in [0.717, 1.165) is 19.0 Å². The molecule has 1 fully saturated rings. The Kier molecular flexibility index (Phi) is 1.86. The molecule has 2 heteroatoms. The van der Waals surface area contributed by atoms with E-state index in [1.165, 1.54) is 6.42 Å². The van der Waals surface area contributed by atoms with Crippen LogP contribution < -0.4 is 11.1 Å². The first-order valence-corrected chi connectivity index (χ1v) is 3.27. The Balaban J connectivity index is 2.28. The summed E-state index contributed by atoms with van der Waals surface area (Å²) in [4.78, 5) is 0. The molecule has 0 radical (unpaired) electrons. The molecule has 3 N–H and O–H groups in total. The molecule has 0 bridgehead atoms. The van der Waals surface area contributed by atoms with Crippen LogP contribution in [0.4, 0.5) is 0 Å². The van der Waals surface area contributed by atoms with E-state index in [9.17, 15) is 0 Å². The minimum atomic E-state index is 0.392. The number of hydrogen-bond acceptors (Lipinski definition) is 2. The summed E-state index contributed by atoms with van der Waals surface area (Å²) in [5, 5.41) is 3.24. The Bertz CT molecular complexity index is 62.9. The second kappa shape index (κ2) is 2.46. The van der Waals surface area contributed by atoms with Gasteiger partial charge in [-0.3, -0.25) is 0 Å². The van der Waals surface area contributed by atoms with Crippen molar-refractivity contribution in [2.24, 2.45) is 11.7 Å². The molecule has 1 rings (SSSR count). The van der Waals surface area contributed by atoms with Crippen LogP contribution in [0.1, 0.15) is 13.3 Å². The molecule has 48 valence electrons. The van der Waals surface area contributed by atoms with Crippen LogP contribution in [-0.2, 0) is 0 Å². The maximum atomic E-state index is 5.72. The summed E-state index contributed by atoms with van der Waals surface area (Å²) in [5.41, 5.74) is 5.72. The normalized spacial score (nSPS) is 39.8. The summed E-state index contributed by atoms with van der Waals surface area (Å²) < 4.78 is 0.